The van der Waals surface area contributed by atoms with Gasteiger partial charge in [-0.25, -0.2) is 0 Å². The average Bonchev–Trinajstić information content (AvgIpc) is 3.94. The van der Waals surface area contributed by atoms with Crippen molar-refractivity contribution in [3.8, 4) is 6.07 Å². The molecule has 6 aromatic rings. The van der Waals surface area contributed by atoms with Gasteiger partial charge < -0.3 is 41.0 Å². The van der Waals surface area contributed by atoms with Gasteiger partial charge in [-0.3, -0.25) is 0 Å². The molecule has 3 aliphatic heterocycles. The number of nitriles is 1. The Balaban J connectivity index is 0.000000172. The van der Waals surface area contributed by atoms with Gasteiger partial charge in [-0.05, 0) is 99.5 Å². The van der Waals surface area contributed by atoms with Crippen LogP contribution in [0, 0.1) is 25.2 Å². The van der Waals surface area contributed by atoms with E-state index in [1.165, 1.54) is 26.0 Å². The Morgan fingerprint density at radius 1 is 0.810 bits per heavy atom. The standard InChI is InChI=1S/C25H26N2OS.C19H18N2O2.C6H5NS.C2H6O/c1-4-9-23(28)24(26)25(3)19-10-5-7-12-21(19)27(16-18-15-14-17(2)29-18)22-13-8-6-11-20(22)25;1-22-12-6-11-17-18(20)19(23-17)13-7-2-4-9-15(13)21-16-10-5-3-8-14(16)19;1-5-2-3-6(4-7)8-5;1-3-2/h4-15,28H,16,26H2,1-3H3;2-11,21H,12,20H2,1H3;2-3H,1H3;1-2H3/b9-4-,24-23+;11-6-;;. The Morgan fingerprint density at radius 2 is 1.33 bits per heavy atom. The van der Waals surface area contributed by atoms with E-state index in [0.717, 1.165) is 62.1 Å². The van der Waals surface area contributed by atoms with Gasteiger partial charge in [0.15, 0.2) is 0 Å². The van der Waals surface area contributed by atoms with Crippen molar-refractivity contribution in [2.45, 2.75) is 45.3 Å². The van der Waals surface area contributed by atoms with Crippen LogP contribution in [-0.4, -0.2) is 33.0 Å². The van der Waals surface area contributed by atoms with Gasteiger partial charge in [0.25, 0.3) is 0 Å². The number of aryl methyl sites for hydroxylation is 2. The topological polar surface area (TPSA) is 139 Å². The van der Waals surface area contributed by atoms with Gasteiger partial charge in [-0.1, -0.05) is 84.9 Å². The van der Waals surface area contributed by atoms with Gasteiger partial charge in [0.2, 0.25) is 5.60 Å². The van der Waals surface area contributed by atoms with Crippen LogP contribution in [0.15, 0.2) is 169 Å². The van der Waals surface area contributed by atoms with Crippen LogP contribution in [-0.2, 0) is 31.8 Å². The highest BCUT2D eigenvalue weighted by molar-refractivity contribution is 7.12. The van der Waals surface area contributed by atoms with Crippen LogP contribution in [0.4, 0.5) is 22.7 Å². The molecule has 11 heteroatoms. The summed E-state index contributed by atoms with van der Waals surface area (Å²) in [5.74, 6) is 0.815. The summed E-state index contributed by atoms with van der Waals surface area (Å²) in [5, 5.41) is 22.4. The molecule has 0 amide bonds. The van der Waals surface area contributed by atoms with Crippen molar-refractivity contribution in [2.75, 3.05) is 38.2 Å². The monoisotopic (exact) mass is 877 g/mol. The number of rotatable bonds is 7. The maximum Gasteiger partial charge on any atom is 0.206 e. The summed E-state index contributed by atoms with van der Waals surface area (Å²) >= 11 is 3.35. The fourth-order valence-corrected chi connectivity index (χ4v) is 9.53. The van der Waals surface area contributed by atoms with Gasteiger partial charge in [-0.2, -0.15) is 5.26 Å². The number of nitrogens with one attached hydrogen (secondary N) is 1. The Morgan fingerprint density at radius 3 is 1.79 bits per heavy atom. The molecule has 9 nitrogen and oxygen atoms in total. The number of benzene rings is 4. The fraction of sp³-hybridized carbons (Fsp3) is 0.212. The van der Waals surface area contributed by atoms with Gasteiger partial charge in [0.1, 0.15) is 28.2 Å². The zero-order valence-corrected chi connectivity index (χ0v) is 38.4. The van der Waals surface area contributed by atoms with Crippen molar-refractivity contribution in [1.82, 2.24) is 0 Å². The number of hydrogen-bond donors (Lipinski definition) is 4. The first kappa shape index (κ1) is 46.0. The summed E-state index contributed by atoms with van der Waals surface area (Å²) in [6, 6.07) is 43.2. The summed E-state index contributed by atoms with van der Waals surface area (Å²) in [6.45, 7) is 9.44. The molecule has 4 aromatic carbocycles. The lowest BCUT2D eigenvalue weighted by Crippen LogP contribution is -2.47. The van der Waals surface area contributed by atoms with Crippen molar-refractivity contribution in [1.29, 1.82) is 5.26 Å². The molecule has 6 N–H and O–H groups in total. The van der Waals surface area contributed by atoms with E-state index in [9.17, 15) is 5.11 Å². The van der Waals surface area contributed by atoms with E-state index in [4.69, 9.17) is 26.2 Å². The largest absolute Gasteiger partial charge is 0.506 e. The van der Waals surface area contributed by atoms with E-state index in [-0.39, 0.29) is 5.76 Å². The van der Waals surface area contributed by atoms with Gasteiger partial charge >= 0.3 is 0 Å². The highest BCUT2D eigenvalue weighted by Crippen LogP contribution is 2.56. The number of nitrogens with zero attached hydrogens (tertiary/aromatic N) is 2. The van der Waals surface area contributed by atoms with Crippen LogP contribution in [0.1, 0.15) is 55.6 Å². The molecule has 324 valence electrons. The predicted octanol–water partition coefficient (Wildman–Crippen LogP) is 11.9. The summed E-state index contributed by atoms with van der Waals surface area (Å²) in [6.07, 6.45) is 7.23. The summed E-state index contributed by atoms with van der Waals surface area (Å²) in [7, 11) is 4.91. The minimum absolute atomic E-state index is 0.113. The number of ether oxygens (including phenoxy) is 3. The molecule has 0 unspecified atom stereocenters. The average molecular weight is 878 g/mol. The number of para-hydroxylation sites is 4. The van der Waals surface area contributed by atoms with Crippen LogP contribution in [0.3, 0.4) is 0 Å². The van der Waals surface area contributed by atoms with E-state index in [0.29, 0.717) is 18.1 Å². The molecule has 1 spiro atoms. The van der Waals surface area contributed by atoms with Crippen molar-refractivity contribution in [2.24, 2.45) is 11.5 Å². The van der Waals surface area contributed by atoms with Crippen molar-refractivity contribution >= 4 is 45.4 Å². The summed E-state index contributed by atoms with van der Waals surface area (Å²) < 4.78 is 15.5. The molecule has 9 rings (SSSR count). The van der Waals surface area contributed by atoms with Crippen LogP contribution < -0.4 is 21.7 Å². The molecule has 0 atom stereocenters. The second kappa shape index (κ2) is 20.5. The Hall–Kier alpha value is -6.55. The molecule has 5 heterocycles. The molecular weight excluding hydrogens is 823 g/mol. The third-order valence-corrected chi connectivity index (χ3v) is 12.8. The van der Waals surface area contributed by atoms with E-state index < -0.39 is 11.0 Å². The normalized spacial score (nSPS) is 14.9. The number of hydrogen-bond acceptors (Lipinski definition) is 11. The second-order valence-corrected chi connectivity index (χ2v) is 17.8. The molecule has 0 radical (unpaired) electrons. The first-order chi connectivity index (χ1) is 30.5. The zero-order chi connectivity index (χ0) is 45.1. The first-order valence-electron chi connectivity index (χ1n) is 20.5. The van der Waals surface area contributed by atoms with E-state index in [2.05, 4.69) is 95.5 Å². The number of fused-ring (bicyclic) bond motifs is 6. The number of methoxy groups -OCH3 is 2. The van der Waals surface area contributed by atoms with E-state index in [1.807, 2.05) is 98.0 Å². The molecular formula is C52H55N5O4S2. The lowest BCUT2D eigenvalue weighted by Gasteiger charge is -2.47. The molecule has 63 heavy (non-hydrogen) atoms. The Bertz CT molecular complexity index is 2610. The smallest absolute Gasteiger partial charge is 0.206 e. The molecule has 0 aliphatic carbocycles. The maximum absolute atomic E-state index is 10.6. The maximum atomic E-state index is 10.6. The highest BCUT2D eigenvalue weighted by Gasteiger charge is 2.53. The zero-order valence-electron chi connectivity index (χ0n) is 36.8. The lowest BCUT2D eigenvalue weighted by molar-refractivity contribution is 0.0158. The Labute approximate surface area is 379 Å². The number of thiophene rings is 2. The molecule has 3 aliphatic rings. The minimum atomic E-state index is -0.703. The van der Waals surface area contributed by atoms with E-state index >= 15 is 0 Å². The van der Waals surface area contributed by atoms with Crippen LogP contribution in [0.2, 0.25) is 0 Å². The SMILES string of the molecule is C/C=C\C(O)=C(/N)C1(C)c2ccccc2N(Cc2ccc(C)s2)c2ccccc21.COC.COC/C=C\C1=C(N)C2(O1)c1ccccc1Nc1ccccc12.Cc1ccc(C#N)s1. The number of allylic oxidation sites excluding steroid dienone is 4. The van der Waals surface area contributed by atoms with Gasteiger partial charge in [0, 0.05) is 69.8 Å². The first-order valence-corrected chi connectivity index (χ1v) is 22.1. The van der Waals surface area contributed by atoms with Crippen molar-refractivity contribution in [3.05, 3.63) is 210 Å². The van der Waals surface area contributed by atoms with Gasteiger partial charge in [-0.15, -0.1) is 22.7 Å². The second-order valence-electron chi connectivity index (χ2n) is 15.1. The third-order valence-electron chi connectivity index (χ3n) is 10.9. The predicted molar refractivity (Wildman–Crippen MR) is 260 cm³/mol. The highest BCUT2D eigenvalue weighted by atomic mass is 32.1. The van der Waals surface area contributed by atoms with Crippen LogP contribution in [0.5, 0.6) is 0 Å². The molecule has 0 bridgehead atoms. The van der Waals surface area contributed by atoms with E-state index in [1.54, 1.807) is 33.5 Å². The minimum Gasteiger partial charge on any atom is -0.506 e. The molecule has 0 saturated carbocycles. The van der Waals surface area contributed by atoms with Crippen molar-refractivity contribution < 1.29 is 19.3 Å². The van der Waals surface area contributed by atoms with Gasteiger partial charge in [0.05, 0.1) is 24.3 Å². The quantitative estimate of drug-likeness (QED) is 0.0912. The fourth-order valence-electron chi connectivity index (χ4n) is 7.99. The van der Waals surface area contributed by atoms with Crippen LogP contribution >= 0.6 is 22.7 Å². The molecule has 0 fully saturated rings. The number of nitrogens with two attached hydrogens (primary N) is 2. The number of aliphatic hydroxyl groups excluding tert-OH is 1. The molecule has 2 aromatic heterocycles. The number of anilines is 4. The van der Waals surface area contributed by atoms with Crippen molar-refractivity contribution in [3.63, 3.8) is 0 Å². The Kier molecular flexibility index (Phi) is 15.0. The third kappa shape index (κ3) is 9.31. The summed E-state index contributed by atoms with van der Waals surface area (Å²) in [5.41, 5.74) is 21.5. The van der Waals surface area contributed by atoms with Crippen LogP contribution in [0.25, 0.3) is 0 Å². The summed E-state index contributed by atoms with van der Waals surface area (Å²) in [4.78, 5) is 6.98. The molecule has 0 saturated heterocycles. The lowest BCUT2D eigenvalue weighted by atomic mass is 9.69. The number of aliphatic hydroxyl groups is 1.